The molecule has 2 unspecified atom stereocenters. The Balaban J connectivity index is 2.13. The minimum atomic E-state index is 0.475. The van der Waals surface area contributed by atoms with Crippen LogP contribution in [0.25, 0.3) is 0 Å². The van der Waals surface area contributed by atoms with Crippen molar-refractivity contribution in [3.63, 3.8) is 0 Å². The van der Waals surface area contributed by atoms with E-state index in [1.165, 1.54) is 31.2 Å². The van der Waals surface area contributed by atoms with Gasteiger partial charge in [-0.15, -0.1) is 0 Å². The summed E-state index contributed by atoms with van der Waals surface area (Å²) in [4.78, 5) is 4.66. The summed E-state index contributed by atoms with van der Waals surface area (Å²) < 4.78 is 0. The van der Waals surface area contributed by atoms with Gasteiger partial charge >= 0.3 is 0 Å². The Morgan fingerprint density at radius 1 is 1.25 bits per heavy atom. The van der Waals surface area contributed by atoms with Gasteiger partial charge in [-0.1, -0.05) is 42.6 Å². The molecule has 1 aromatic heterocycles. The highest BCUT2D eigenvalue weighted by Gasteiger charge is 2.38. The fourth-order valence-corrected chi connectivity index (χ4v) is 3.66. The van der Waals surface area contributed by atoms with Gasteiger partial charge in [0.05, 0.1) is 0 Å². The molecule has 1 aromatic rings. The molecule has 0 radical (unpaired) electrons. The average molecular weight is 282 g/mol. The van der Waals surface area contributed by atoms with Crippen molar-refractivity contribution in [2.75, 3.05) is 0 Å². The van der Waals surface area contributed by atoms with Crippen LogP contribution >= 0.6 is 15.9 Å². The Morgan fingerprint density at radius 3 is 2.38 bits per heavy atom. The zero-order chi connectivity index (χ0) is 11.6. The Bertz CT molecular complexity index is 330. The lowest BCUT2D eigenvalue weighted by Gasteiger charge is -2.34. The van der Waals surface area contributed by atoms with Gasteiger partial charge in [0, 0.05) is 17.2 Å². The molecule has 0 spiro atoms. The van der Waals surface area contributed by atoms with Gasteiger partial charge in [0.2, 0.25) is 0 Å². The van der Waals surface area contributed by atoms with Crippen LogP contribution in [0.3, 0.4) is 0 Å². The van der Waals surface area contributed by atoms with Crippen molar-refractivity contribution in [1.29, 1.82) is 0 Å². The molecule has 1 fully saturated rings. The molecule has 0 bridgehead atoms. The zero-order valence-corrected chi connectivity index (χ0v) is 11.7. The third-order valence-corrected chi connectivity index (χ3v) is 5.98. The summed E-state index contributed by atoms with van der Waals surface area (Å²) in [5, 5.41) is 0. The molecule has 1 heterocycles. The maximum absolute atomic E-state index is 4.09. The smallest absolute Gasteiger partial charge is 0.0270 e. The first-order valence-electron chi connectivity index (χ1n) is 6.17. The second-order valence-electron chi connectivity index (χ2n) is 5.33. The van der Waals surface area contributed by atoms with Gasteiger partial charge in [-0.2, -0.15) is 0 Å². The molecule has 1 saturated carbocycles. The van der Waals surface area contributed by atoms with E-state index in [9.17, 15) is 0 Å². The van der Waals surface area contributed by atoms with Gasteiger partial charge in [0.15, 0.2) is 0 Å². The number of nitrogens with zero attached hydrogens (tertiary/aromatic N) is 1. The van der Waals surface area contributed by atoms with E-state index in [0.29, 0.717) is 16.2 Å². The van der Waals surface area contributed by atoms with Crippen LogP contribution in [0, 0.1) is 5.41 Å². The van der Waals surface area contributed by atoms with E-state index in [4.69, 9.17) is 0 Å². The summed E-state index contributed by atoms with van der Waals surface area (Å²) in [6.45, 7) is 4.75. The van der Waals surface area contributed by atoms with Crippen molar-refractivity contribution in [2.24, 2.45) is 5.41 Å². The van der Waals surface area contributed by atoms with E-state index in [-0.39, 0.29) is 0 Å². The fourth-order valence-electron chi connectivity index (χ4n) is 2.90. The van der Waals surface area contributed by atoms with Gasteiger partial charge in [-0.3, -0.25) is 4.98 Å². The molecule has 0 aliphatic heterocycles. The van der Waals surface area contributed by atoms with E-state index in [0.717, 1.165) is 0 Å². The van der Waals surface area contributed by atoms with Gasteiger partial charge in [0.1, 0.15) is 0 Å². The fraction of sp³-hybridized carbons (Fsp3) is 0.643. The molecule has 0 aromatic carbocycles. The Kier molecular flexibility index (Phi) is 3.68. The number of hydrogen-bond donors (Lipinski definition) is 0. The highest BCUT2D eigenvalue weighted by molar-refractivity contribution is 9.09. The van der Waals surface area contributed by atoms with Crippen molar-refractivity contribution < 1.29 is 0 Å². The normalized spacial score (nSPS) is 22.9. The van der Waals surface area contributed by atoms with Crippen molar-refractivity contribution in [3.05, 3.63) is 30.1 Å². The first kappa shape index (κ1) is 12.1. The van der Waals surface area contributed by atoms with Crippen molar-refractivity contribution in [2.45, 2.75) is 50.3 Å². The lowest BCUT2D eigenvalue weighted by molar-refractivity contribution is 0.305. The largest absolute Gasteiger partial charge is 0.265 e. The molecule has 0 saturated heterocycles. The second kappa shape index (κ2) is 4.87. The van der Waals surface area contributed by atoms with Gasteiger partial charge in [-0.05, 0) is 41.9 Å². The molecule has 88 valence electrons. The molecule has 1 aliphatic carbocycles. The first-order valence-corrected chi connectivity index (χ1v) is 7.09. The van der Waals surface area contributed by atoms with Crippen molar-refractivity contribution in [1.82, 2.24) is 4.98 Å². The average Bonchev–Trinajstić information content (AvgIpc) is 2.77. The van der Waals surface area contributed by atoms with Crippen LogP contribution in [0.4, 0.5) is 0 Å². The predicted molar refractivity (Wildman–Crippen MR) is 71.9 cm³/mol. The van der Waals surface area contributed by atoms with Crippen LogP contribution in [0.5, 0.6) is 0 Å². The van der Waals surface area contributed by atoms with E-state index < -0.39 is 0 Å². The summed E-state index contributed by atoms with van der Waals surface area (Å²) in [5.74, 6) is 0.561. The van der Waals surface area contributed by atoms with Crippen molar-refractivity contribution in [3.8, 4) is 0 Å². The molecule has 1 nitrogen and oxygen atoms in total. The number of alkyl halides is 1. The third-order valence-electron chi connectivity index (χ3n) is 4.08. The molecular formula is C14H20BrN. The molecule has 0 amide bonds. The number of pyridine rings is 1. The van der Waals surface area contributed by atoms with Crippen LogP contribution in [0.1, 0.15) is 51.0 Å². The quantitative estimate of drug-likeness (QED) is 0.742. The zero-order valence-electron chi connectivity index (χ0n) is 10.1. The van der Waals surface area contributed by atoms with Crippen LogP contribution in [-0.4, -0.2) is 9.81 Å². The van der Waals surface area contributed by atoms with E-state index in [1.807, 2.05) is 12.4 Å². The van der Waals surface area contributed by atoms with Gasteiger partial charge < -0.3 is 0 Å². The van der Waals surface area contributed by atoms with Crippen molar-refractivity contribution >= 4 is 15.9 Å². The van der Waals surface area contributed by atoms with E-state index >= 15 is 0 Å². The number of hydrogen-bond acceptors (Lipinski definition) is 1. The van der Waals surface area contributed by atoms with Gasteiger partial charge in [0.25, 0.3) is 0 Å². The Morgan fingerprint density at radius 2 is 1.81 bits per heavy atom. The first-order chi connectivity index (χ1) is 7.63. The molecule has 16 heavy (non-hydrogen) atoms. The molecule has 0 N–H and O–H groups in total. The molecule has 1 aliphatic rings. The van der Waals surface area contributed by atoms with E-state index in [1.54, 1.807) is 0 Å². The summed E-state index contributed by atoms with van der Waals surface area (Å²) in [6.07, 6.45) is 9.28. The van der Waals surface area contributed by atoms with Crippen LogP contribution < -0.4 is 0 Å². The summed E-state index contributed by atoms with van der Waals surface area (Å²) in [6, 6.07) is 4.27. The topological polar surface area (TPSA) is 12.9 Å². The lowest BCUT2D eigenvalue weighted by atomic mass is 9.78. The molecule has 2 atom stereocenters. The number of aromatic nitrogens is 1. The third kappa shape index (κ3) is 2.32. The van der Waals surface area contributed by atoms with Gasteiger partial charge in [-0.25, -0.2) is 0 Å². The monoisotopic (exact) mass is 281 g/mol. The maximum Gasteiger partial charge on any atom is 0.0270 e. The summed E-state index contributed by atoms with van der Waals surface area (Å²) in [7, 11) is 0. The number of rotatable bonds is 3. The molecular weight excluding hydrogens is 262 g/mol. The SMILES string of the molecule is CC(c1ccncc1)C(Br)C1(C)CCCC1. The summed E-state index contributed by atoms with van der Waals surface area (Å²) in [5.41, 5.74) is 1.87. The van der Waals surface area contributed by atoms with Crippen LogP contribution in [0.15, 0.2) is 24.5 Å². The van der Waals surface area contributed by atoms with Crippen LogP contribution in [-0.2, 0) is 0 Å². The second-order valence-corrected chi connectivity index (χ2v) is 6.32. The lowest BCUT2D eigenvalue weighted by Crippen LogP contribution is -2.29. The molecule has 2 rings (SSSR count). The highest BCUT2D eigenvalue weighted by Crippen LogP contribution is 2.48. The Hall–Kier alpha value is -0.370. The number of halogens is 1. The van der Waals surface area contributed by atoms with Crippen LogP contribution in [0.2, 0.25) is 0 Å². The standard InChI is InChI=1S/C14H20BrN/c1-11(12-5-9-16-10-6-12)13(15)14(2)7-3-4-8-14/h5-6,9-11,13H,3-4,7-8H2,1-2H3. The minimum absolute atomic E-state index is 0.475. The predicted octanol–water partition coefficient (Wildman–Crippen LogP) is 4.53. The summed E-state index contributed by atoms with van der Waals surface area (Å²) >= 11 is 3.94. The Labute approximate surface area is 107 Å². The highest BCUT2D eigenvalue weighted by atomic mass is 79.9. The minimum Gasteiger partial charge on any atom is -0.265 e. The maximum atomic E-state index is 4.09. The van der Waals surface area contributed by atoms with E-state index in [2.05, 4.69) is 46.9 Å². The molecule has 2 heteroatoms.